The van der Waals surface area contributed by atoms with Gasteiger partial charge in [0.1, 0.15) is 0 Å². The lowest BCUT2D eigenvalue weighted by Crippen LogP contribution is -2.63. The van der Waals surface area contributed by atoms with Crippen molar-refractivity contribution in [1.29, 1.82) is 0 Å². The maximum Gasteiger partial charge on any atom is 0.431 e. The van der Waals surface area contributed by atoms with E-state index in [9.17, 15) is 61.5 Å². The number of carbonyl (C=O) groups is 2. The molecule has 4 atom stereocenters. The standard InChI is InChI=1S/C16H20F8O11S2/c1-5(2)33-11(25)9-7(13(17,18)15(21,22)36(27,28)29)8(10(35-9)12(26)34-6(3)4)14(19,20)16(23,24)37(30,31)32/h5-10H,1-4H3,(H,27,28,29)(H,30,31,32). The van der Waals surface area contributed by atoms with Crippen molar-refractivity contribution in [2.75, 3.05) is 0 Å². The number of rotatable bonds is 10. The summed E-state index contributed by atoms with van der Waals surface area (Å²) in [6.45, 7) is 3.98. The van der Waals surface area contributed by atoms with Crippen LogP contribution in [0, 0.1) is 11.8 Å². The van der Waals surface area contributed by atoms with Crippen LogP contribution in [0.5, 0.6) is 0 Å². The van der Waals surface area contributed by atoms with Crippen LogP contribution in [0.2, 0.25) is 0 Å². The van der Waals surface area contributed by atoms with Crippen molar-refractivity contribution in [2.24, 2.45) is 11.8 Å². The molecule has 1 rings (SSSR count). The van der Waals surface area contributed by atoms with Gasteiger partial charge in [-0.05, 0) is 27.7 Å². The Labute approximate surface area is 203 Å². The minimum atomic E-state index is -7.27. The Morgan fingerprint density at radius 2 is 0.919 bits per heavy atom. The monoisotopic (exact) mass is 604 g/mol. The molecule has 0 aromatic rings. The molecule has 11 nitrogen and oxygen atoms in total. The zero-order chi connectivity index (χ0) is 29.7. The molecule has 21 heteroatoms. The van der Waals surface area contributed by atoms with Gasteiger partial charge in [0.05, 0.1) is 24.0 Å². The van der Waals surface area contributed by atoms with Crippen LogP contribution in [-0.2, 0) is 44.0 Å². The molecule has 0 spiro atoms. The Morgan fingerprint density at radius 1 is 0.676 bits per heavy atom. The minimum absolute atomic E-state index is 0.996. The van der Waals surface area contributed by atoms with E-state index in [4.69, 9.17) is 9.11 Å². The average Bonchev–Trinajstić information content (AvgIpc) is 3.07. The lowest BCUT2D eigenvalue weighted by Gasteiger charge is -2.38. The Kier molecular flexibility index (Phi) is 9.01. The molecule has 218 valence electrons. The topological polar surface area (TPSA) is 171 Å². The van der Waals surface area contributed by atoms with E-state index < -0.39 is 90.8 Å². The molecule has 37 heavy (non-hydrogen) atoms. The van der Waals surface area contributed by atoms with Gasteiger partial charge >= 0.3 is 54.5 Å². The SMILES string of the molecule is CC(C)OC(=O)C1OC(C(=O)OC(C)C)C(C(F)(F)C(F)(F)S(=O)(=O)O)C1C(F)(F)C(F)(F)S(=O)(=O)O. The van der Waals surface area contributed by atoms with Crippen LogP contribution >= 0.6 is 0 Å². The van der Waals surface area contributed by atoms with Crippen LogP contribution in [0.25, 0.3) is 0 Å². The van der Waals surface area contributed by atoms with Gasteiger partial charge in [-0.15, -0.1) is 0 Å². The summed E-state index contributed by atoms with van der Waals surface area (Å²) in [6.07, 6.45) is -9.84. The molecule has 0 aromatic carbocycles. The van der Waals surface area contributed by atoms with Crippen molar-refractivity contribution < 1.29 is 84.9 Å². The van der Waals surface area contributed by atoms with Crippen molar-refractivity contribution in [2.45, 2.75) is 74.5 Å². The molecule has 4 unspecified atom stereocenters. The second-order valence-corrected chi connectivity index (χ2v) is 11.2. The molecule has 2 N–H and O–H groups in total. The normalized spacial score (nSPS) is 24.4. The number of carbonyl (C=O) groups excluding carboxylic acids is 2. The van der Waals surface area contributed by atoms with Crippen molar-refractivity contribution >= 4 is 32.2 Å². The van der Waals surface area contributed by atoms with Gasteiger partial charge in [-0.3, -0.25) is 9.11 Å². The highest BCUT2D eigenvalue weighted by Gasteiger charge is 2.83. The van der Waals surface area contributed by atoms with Gasteiger partial charge < -0.3 is 14.2 Å². The van der Waals surface area contributed by atoms with Gasteiger partial charge in [-0.2, -0.15) is 52.0 Å². The number of hydrogen-bond donors (Lipinski definition) is 2. The van der Waals surface area contributed by atoms with Crippen LogP contribution in [0.4, 0.5) is 35.1 Å². The van der Waals surface area contributed by atoms with Gasteiger partial charge in [0, 0.05) is 0 Å². The third-order valence-electron chi connectivity index (χ3n) is 4.76. The second-order valence-electron chi connectivity index (χ2n) is 8.23. The van der Waals surface area contributed by atoms with Crippen LogP contribution in [0.15, 0.2) is 0 Å². The summed E-state index contributed by atoms with van der Waals surface area (Å²) in [6, 6.07) is 0. The first-order valence-corrected chi connectivity index (χ1v) is 12.6. The summed E-state index contributed by atoms with van der Waals surface area (Å²) >= 11 is 0. The number of alkyl halides is 8. The van der Waals surface area contributed by atoms with E-state index in [0.717, 1.165) is 27.7 Å². The molecule has 1 aliphatic rings. The number of halogens is 8. The lowest BCUT2D eigenvalue weighted by molar-refractivity contribution is -0.254. The zero-order valence-electron chi connectivity index (χ0n) is 18.9. The van der Waals surface area contributed by atoms with Gasteiger partial charge in [-0.1, -0.05) is 0 Å². The molecular weight excluding hydrogens is 584 g/mol. The smallest absolute Gasteiger partial charge is 0.431 e. The highest BCUT2D eigenvalue weighted by molar-refractivity contribution is 7.87. The minimum Gasteiger partial charge on any atom is -0.461 e. The Hall–Kier alpha value is -1.84. The van der Waals surface area contributed by atoms with Crippen molar-refractivity contribution in [3.63, 3.8) is 0 Å². The highest BCUT2D eigenvalue weighted by atomic mass is 32.2. The van der Waals surface area contributed by atoms with Gasteiger partial charge in [0.25, 0.3) is 0 Å². The van der Waals surface area contributed by atoms with Crippen molar-refractivity contribution in [3.8, 4) is 0 Å². The summed E-state index contributed by atoms with van der Waals surface area (Å²) in [4.78, 5) is 24.6. The first kappa shape index (κ1) is 33.2. The quantitative estimate of drug-likeness (QED) is 0.213. The van der Waals surface area contributed by atoms with E-state index in [-0.39, 0.29) is 0 Å². The second kappa shape index (κ2) is 10.0. The predicted octanol–water partition coefficient (Wildman–Crippen LogP) is 2.12. The third kappa shape index (κ3) is 5.78. The fourth-order valence-electron chi connectivity index (χ4n) is 3.27. The molecule has 0 radical (unpaired) electrons. The van der Waals surface area contributed by atoms with Gasteiger partial charge in [0.15, 0.2) is 12.2 Å². The number of ether oxygens (including phenoxy) is 3. The van der Waals surface area contributed by atoms with Crippen LogP contribution < -0.4 is 0 Å². The van der Waals surface area contributed by atoms with Crippen molar-refractivity contribution in [1.82, 2.24) is 0 Å². The van der Waals surface area contributed by atoms with Gasteiger partial charge in [-0.25, -0.2) is 9.59 Å². The van der Waals surface area contributed by atoms with Crippen LogP contribution in [0.1, 0.15) is 27.7 Å². The molecule has 0 aliphatic carbocycles. The van der Waals surface area contributed by atoms with E-state index >= 15 is 0 Å². The maximum atomic E-state index is 15.0. The van der Waals surface area contributed by atoms with E-state index in [2.05, 4.69) is 14.2 Å². The summed E-state index contributed by atoms with van der Waals surface area (Å²) in [5.41, 5.74) is 0. The summed E-state index contributed by atoms with van der Waals surface area (Å²) in [7, 11) is -14.5. The first-order chi connectivity index (χ1) is 16.2. The van der Waals surface area contributed by atoms with Gasteiger partial charge in [0.2, 0.25) is 0 Å². The number of hydrogen-bond acceptors (Lipinski definition) is 9. The van der Waals surface area contributed by atoms with E-state index in [1.54, 1.807) is 0 Å². The fraction of sp³-hybridized carbons (Fsp3) is 0.875. The Bertz CT molecular complexity index is 1020. The Morgan fingerprint density at radius 3 is 1.11 bits per heavy atom. The molecule has 0 aromatic heterocycles. The molecule has 0 saturated carbocycles. The lowest BCUT2D eigenvalue weighted by atomic mass is 9.77. The highest BCUT2D eigenvalue weighted by Crippen LogP contribution is 2.59. The molecule has 1 heterocycles. The molecule has 1 aliphatic heterocycles. The number of esters is 2. The van der Waals surface area contributed by atoms with E-state index in [0.29, 0.717) is 0 Å². The maximum absolute atomic E-state index is 15.0. The average molecular weight is 604 g/mol. The molecular formula is C16H20F8O11S2. The predicted molar refractivity (Wildman–Crippen MR) is 101 cm³/mol. The summed E-state index contributed by atoms with van der Waals surface area (Å²) in [5, 5.41) is -13.6. The molecule has 1 fully saturated rings. The summed E-state index contributed by atoms with van der Waals surface area (Å²) in [5.74, 6) is -26.9. The molecule has 0 bridgehead atoms. The molecule has 0 amide bonds. The van der Waals surface area contributed by atoms with Crippen LogP contribution in [0.3, 0.4) is 0 Å². The van der Waals surface area contributed by atoms with E-state index in [1.165, 1.54) is 0 Å². The first-order valence-electron chi connectivity index (χ1n) is 9.68. The van der Waals surface area contributed by atoms with Crippen LogP contribution in [-0.4, -0.2) is 84.6 Å². The van der Waals surface area contributed by atoms with E-state index in [1.807, 2.05) is 0 Å². The summed E-state index contributed by atoms with van der Waals surface area (Å²) < 4.78 is 191. The fourth-order valence-corrected chi connectivity index (χ4v) is 4.23. The largest absolute Gasteiger partial charge is 0.461 e. The molecule has 1 saturated heterocycles. The Balaban J connectivity index is 4.13. The third-order valence-corrected chi connectivity index (χ3v) is 6.60. The zero-order valence-corrected chi connectivity index (χ0v) is 20.5. The van der Waals surface area contributed by atoms with Crippen molar-refractivity contribution in [3.05, 3.63) is 0 Å².